The van der Waals surface area contributed by atoms with E-state index in [-0.39, 0.29) is 23.4 Å². The molecule has 0 unspecified atom stereocenters. The van der Waals surface area contributed by atoms with Gasteiger partial charge in [-0.05, 0) is 61.7 Å². The Kier molecular flexibility index (Phi) is 6.36. The molecular formula is C23H23N5O3S. The molecule has 32 heavy (non-hydrogen) atoms. The lowest BCUT2D eigenvalue weighted by molar-refractivity contribution is -0.116. The van der Waals surface area contributed by atoms with Gasteiger partial charge in [-0.2, -0.15) is 0 Å². The van der Waals surface area contributed by atoms with Crippen molar-refractivity contribution in [2.24, 2.45) is 0 Å². The highest BCUT2D eigenvalue weighted by atomic mass is 32.2. The summed E-state index contributed by atoms with van der Waals surface area (Å²) in [6.07, 6.45) is 2.03. The van der Waals surface area contributed by atoms with Crippen LogP contribution >= 0.6 is 11.8 Å². The fourth-order valence-corrected chi connectivity index (χ4v) is 4.51. The van der Waals surface area contributed by atoms with Gasteiger partial charge in [-0.3, -0.25) is 19.0 Å². The number of carbonyl (C=O) groups is 3. The van der Waals surface area contributed by atoms with Gasteiger partial charge in [-0.25, -0.2) is 0 Å². The van der Waals surface area contributed by atoms with Crippen LogP contribution in [0.1, 0.15) is 41.5 Å². The number of benzene rings is 2. The van der Waals surface area contributed by atoms with Crippen LogP contribution < -0.4 is 10.6 Å². The Hall–Kier alpha value is -3.46. The van der Waals surface area contributed by atoms with E-state index in [0.717, 1.165) is 29.8 Å². The maximum atomic E-state index is 12.9. The predicted octanol–water partition coefficient (Wildman–Crippen LogP) is 3.78. The predicted molar refractivity (Wildman–Crippen MR) is 123 cm³/mol. The topological polar surface area (TPSA) is 106 Å². The van der Waals surface area contributed by atoms with Crippen LogP contribution in [0.2, 0.25) is 0 Å². The average Bonchev–Trinajstić information content (AvgIpc) is 3.01. The number of anilines is 2. The number of hydrogen-bond acceptors (Lipinski definition) is 6. The molecule has 3 aromatic rings. The van der Waals surface area contributed by atoms with E-state index >= 15 is 0 Å². The summed E-state index contributed by atoms with van der Waals surface area (Å²) in [6, 6.07) is 12.8. The van der Waals surface area contributed by atoms with Gasteiger partial charge in [0.05, 0.1) is 11.4 Å². The molecule has 2 amide bonds. The number of carbonyl (C=O) groups excluding carboxylic acids is 3. The van der Waals surface area contributed by atoms with Crippen molar-refractivity contribution in [3.05, 3.63) is 59.4 Å². The van der Waals surface area contributed by atoms with E-state index in [1.54, 1.807) is 12.1 Å². The first-order valence-corrected chi connectivity index (χ1v) is 11.3. The largest absolute Gasteiger partial charge is 0.326 e. The van der Waals surface area contributed by atoms with Crippen LogP contribution in [0.3, 0.4) is 0 Å². The van der Waals surface area contributed by atoms with E-state index in [1.165, 1.54) is 18.7 Å². The number of rotatable bonds is 6. The lowest BCUT2D eigenvalue weighted by Gasteiger charge is -2.11. The van der Waals surface area contributed by atoms with Crippen LogP contribution in [0.5, 0.6) is 0 Å². The molecule has 2 aromatic carbocycles. The first-order valence-electron chi connectivity index (χ1n) is 10.3. The van der Waals surface area contributed by atoms with E-state index in [2.05, 4.69) is 20.8 Å². The molecule has 164 valence electrons. The summed E-state index contributed by atoms with van der Waals surface area (Å²) in [7, 11) is 0. The minimum Gasteiger partial charge on any atom is -0.326 e. The van der Waals surface area contributed by atoms with Crippen molar-refractivity contribution in [1.82, 2.24) is 14.8 Å². The van der Waals surface area contributed by atoms with Crippen LogP contribution in [-0.2, 0) is 16.0 Å². The Morgan fingerprint density at radius 1 is 1.16 bits per heavy atom. The van der Waals surface area contributed by atoms with E-state index in [4.69, 9.17) is 0 Å². The smallest absolute Gasteiger partial charge is 0.224 e. The highest BCUT2D eigenvalue weighted by Crippen LogP contribution is 2.27. The van der Waals surface area contributed by atoms with Crippen LogP contribution in [0, 0.1) is 6.92 Å². The summed E-state index contributed by atoms with van der Waals surface area (Å²) in [6.45, 7) is 3.30. The van der Waals surface area contributed by atoms with Gasteiger partial charge < -0.3 is 10.6 Å². The average molecular weight is 450 g/mol. The summed E-state index contributed by atoms with van der Waals surface area (Å²) >= 11 is 1.31. The minimum atomic E-state index is -0.150. The zero-order valence-corrected chi connectivity index (χ0v) is 18.7. The van der Waals surface area contributed by atoms with Crippen molar-refractivity contribution in [3.63, 3.8) is 0 Å². The quantitative estimate of drug-likeness (QED) is 0.438. The number of nitrogens with zero attached hydrogens (tertiary/aromatic N) is 3. The normalized spacial score (nSPS) is 13.1. The fraction of sp³-hybridized carbons (Fsp3) is 0.261. The molecule has 9 heteroatoms. The van der Waals surface area contributed by atoms with Crippen LogP contribution in [0.25, 0.3) is 5.69 Å². The third-order valence-corrected chi connectivity index (χ3v) is 6.03. The number of fused-ring (bicyclic) bond motifs is 1. The molecule has 8 nitrogen and oxygen atoms in total. The molecule has 0 bridgehead atoms. The first-order chi connectivity index (χ1) is 15.4. The summed E-state index contributed by atoms with van der Waals surface area (Å²) in [5.74, 6) is 0.723. The lowest BCUT2D eigenvalue weighted by Crippen LogP contribution is -2.10. The van der Waals surface area contributed by atoms with Crippen molar-refractivity contribution >= 4 is 40.7 Å². The minimum absolute atomic E-state index is 0.00987. The van der Waals surface area contributed by atoms with Crippen LogP contribution in [0.15, 0.2) is 47.6 Å². The molecule has 1 aromatic heterocycles. The van der Waals surface area contributed by atoms with Gasteiger partial charge in [0.2, 0.25) is 11.8 Å². The second kappa shape index (κ2) is 9.35. The number of ketones is 1. The molecule has 1 aliphatic rings. The van der Waals surface area contributed by atoms with Crippen molar-refractivity contribution in [2.45, 2.75) is 38.3 Å². The second-order valence-electron chi connectivity index (χ2n) is 7.58. The van der Waals surface area contributed by atoms with Gasteiger partial charge in [0.25, 0.3) is 0 Å². The third kappa shape index (κ3) is 4.88. The lowest BCUT2D eigenvalue weighted by atomic mass is 10.0. The van der Waals surface area contributed by atoms with Gasteiger partial charge in [0, 0.05) is 30.3 Å². The second-order valence-corrected chi connectivity index (χ2v) is 8.52. The van der Waals surface area contributed by atoms with Crippen LogP contribution in [0.4, 0.5) is 11.4 Å². The number of thioether (sulfide) groups is 1. The highest BCUT2D eigenvalue weighted by Gasteiger charge is 2.17. The number of Topliss-reactive ketones (excluding diaryl/α,β-unsaturated/α-hetero) is 1. The molecular weight excluding hydrogens is 426 g/mol. The molecule has 1 aliphatic heterocycles. The Balaban J connectivity index is 1.51. The summed E-state index contributed by atoms with van der Waals surface area (Å²) in [4.78, 5) is 36.0. The van der Waals surface area contributed by atoms with E-state index < -0.39 is 0 Å². The zero-order chi connectivity index (χ0) is 22.7. The maximum Gasteiger partial charge on any atom is 0.224 e. The van der Waals surface area contributed by atoms with Gasteiger partial charge in [0.1, 0.15) is 5.82 Å². The molecule has 0 saturated carbocycles. The standard InChI is InChI=1S/C23H23N5O3S/c1-14-26-27-23(28(14)19-7-4-6-18(12-19)24-15(2)29)32-13-21(30)17-9-10-20-16(11-17)5-3-8-22(31)25-20/h4,6-7,9-12H,3,5,8,13H2,1-2H3,(H,24,29)(H,25,31). The van der Waals surface area contributed by atoms with E-state index in [1.807, 2.05) is 41.8 Å². The van der Waals surface area contributed by atoms with Gasteiger partial charge >= 0.3 is 0 Å². The number of aromatic nitrogens is 3. The van der Waals surface area contributed by atoms with Gasteiger partial charge in [0.15, 0.2) is 10.9 Å². The van der Waals surface area contributed by atoms with Crippen molar-refractivity contribution in [2.75, 3.05) is 16.4 Å². The molecule has 0 saturated heterocycles. The summed E-state index contributed by atoms with van der Waals surface area (Å²) in [5.41, 5.74) is 3.86. The highest BCUT2D eigenvalue weighted by molar-refractivity contribution is 7.99. The molecule has 0 radical (unpaired) electrons. The zero-order valence-electron chi connectivity index (χ0n) is 17.8. The number of hydrogen-bond donors (Lipinski definition) is 2. The van der Waals surface area contributed by atoms with Gasteiger partial charge in [-0.15, -0.1) is 10.2 Å². The monoisotopic (exact) mass is 449 g/mol. The summed E-state index contributed by atoms with van der Waals surface area (Å²) in [5, 5.41) is 14.6. The molecule has 0 aliphatic carbocycles. The van der Waals surface area contributed by atoms with Crippen LogP contribution in [-0.4, -0.2) is 38.1 Å². The molecule has 2 heterocycles. The Morgan fingerprint density at radius 2 is 2.00 bits per heavy atom. The summed E-state index contributed by atoms with van der Waals surface area (Å²) < 4.78 is 1.86. The fourth-order valence-electron chi connectivity index (χ4n) is 3.62. The number of nitrogens with one attached hydrogen (secondary N) is 2. The van der Waals surface area contributed by atoms with Crippen molar-refractivity contribution < 1.29 is 14.4 Å². The first kappa shape index (κ1) is 21.8. The SMILES string of the molecule is CC(=O)Nc1cccc(-n2c(C)nnc2SCC(=O)c2ccc3c(c2)CCCC(=O)N3)c1. The molecule has 0 spiro atoms. The van der Waals surface area contributed by atoms with Crippen molar-refractivity contribution in [1.29, 1.82) is 0 Å². The molecule has 0 atom stereocenters. The Morgan fingerprint density at radius 3 is 2.81 bits per heavy atom. The molecule has 2 N–H and O–H groups in total. The number of aryl methyl sites for hydroxylation is 2. The van der Waals surface area contributed by atoms with E-state index in [9.17, 15) is 14.4 Å². The third-order valence-electron chi connectivity index (χ3n) is 5.10. The van der Waals surface area contributed by atoms with Crippen molar-refractivity contribution in [3.8, 4) is 5.69 Å². The molecule has 4 rings (SSSR count). The maximum absolute atomic E-state index is 12.9. The Bertz CT molecular complexity index is 1200. The Labute approximate surface area is 189 Å². The van der Waals surface area contributed by atoms with Gasteiger partial charge in [-0.1, -0.05) is 17.8 Å². The van der Waals surface area contributed by atoms with E-state index in [0.29, 0.717) is 28.7 Å². The molecule has 0 fully saturated rings. The number of amides is 2.